The monoisotopic (exact) mass is 288 g/mol. The fraction of sp³-hybridized carbons (Fsp3) is 0.846. The van der Waals surface area contributed by atoms with Crippen LogP contribution in [0.2, 0.25) is 0 Å². The molecule has 7 nitrogen and oxygen atoms in total. The number of carbonyl (C=O) groups is 2. The van der Waals surface area contributed by atoms with E-state index in [1.165, 1.54) is 4.90 Å². The summed E-state index contributed by atoms with van der Waals surface area (Å²) in [6.45, 7) is 6.11. The molecule has 1 aliphatic heterocycles. The lowest BCUT2D eigenvalue weighted by molar-refractivity contribution is -0.149. The molecule has 0 aromatic carbocycles. The summed E-state index contributed by atoms with van der Waals surface area (Å²) in [5, 5.41) is 21.3. The molecular weight excluding hydrogens is 264 g/mol. The quantitative estimate of drug-likeness (QED) is 0.658. The zero-order chi connectivity index (χ0) is 15.3. The van der Waals surface area contributed by atoms with Crippen LogP contribution in [0, 0.1) is 0 Å². The molecule has 1 aliphatic rings. The summed E-state index contributed by atoms with van der Waals surface area (Å²) < 4.78 is 5.31. The first-order chi connectivity index (χ1) is 9.23. The van der Waals surface area contributed by atoms with Gasteiger partial charge in [-0.2, -0.15) is 0 Å². The number of amides is 2. The van der Waals surface area contributed by atoms with E-state index in [0.29, 0.717) is 19.4 Å². The molecule has 2 unspecified atom stereocenters. The van der Waals surface area contributed by atoms with Crippen molar-refractivity contribution < 1.29 is 24.5 Å². The molecular formula is C13H24N2O5. The minimum atomic E-state index is -0.962. The van der Waals surface area contributed by atoms with Crippen molar-refractivity contribution in [3.63, 3.8) is 0 Å². The highest BCUT2D eigenvalue weighted by molar-refractivity contribution is 5.74. The van der Waals surface area contributed by atoms with Gasteiger partial charge >= 0.3 is 12.0 Å². The third-order valence-electron chi connectivity index (χ3n) is 3.11. The maximum Gasteiger partial charge on any atom is 0.332 e. The molecule has 1 rings (SSSR count). The van der Waals surface area contributed by atoms with Gasteiger partial charge in [0, 0.05) is 13.1 Å². The van der Waals surface area contributed by atoms with Crippen LogP contribution >= 0.6 is 0 Å². The molecule has 3 N–H and O–H groups in total. The molecule has 0 aromatic heterocycles. The average molecular weight is 288 g/mol. The van der Waals surface area contributed by atoms with Gasteiger partial charge in [-0.15, -0.1) is 0 Å². The third-order valence-corrected chi connectivity index (χ3v) is 3.11. The summed E-state index contributed by atoms with van der Waals surface area (Å²) in [4.78, 5) is 24.2. The van der Waals surface area contributed by atoms with Gasteiger partial charge in [-0.3, -0.25) is 0 Å². The van der Waals surface area contributed by atoms with E-state index in [2.05, 4.69) is 5.32 Å². The Morgan fingerprint density at radius 1 is 1.40 bits per heavy atom. The van der Waals surface area contributed by atoms with E-state index in [-0.39, 0.29) is 25.2 Å². The maximum absolute atomic E-state index is 12.0. The van der Waals surface area contributed by atoms with Crippen molar-refractivity contribution in [1.82, 2.24) is 10.2 Å². The van der Waals surface area contributed by atoms with Gasteiger partial charge in [0.2, 0.25) is 0 Å². The van der Waals surface area contributed by atoms with Crippen molar-refractivity contribution in [2.24, 2.45) is 0 Å². The number of aliphatic carboxylic acids is 1. The zero-order valence-corrected chi connectivity index (χ0v) is 12.3. The molecule has 0 bridgehead atoms. The summed E-state index contributed by atoms with van der Waals surface area (Å²) >= 11 is 0. The maximum atomic E-state index is 12.0. The number of aliphatic hydroxyl groups is 1. The minimum absolute atomic E-state index is 0.235. The van der Waals surface area contributed by atoms with Crippen molar-refractivity contribution in [3.8, 4) is 0 Å². The zero-order valence-electron chi connectivity index (χ0n) is 12.3. The smallest absolute Gasteiger partial charge is 0.332 e. The lowest BCUT2D eigenvalue weighted by atomic mass is 10.1. The number of hydrogen-bond donors (Lipinski definition) is 3. The lowest BCUT2D eigenvalue weighted by Crippen LogP contribution is -2.48. The fourth-order valence-electron chi connectivity index (χ4n) is 2.14. The van der Waals surface area contributed by atoms with E-state index >= 15 is 0 Å². The van der Waals surface area contributed by atoms with Crippen LogP contribution in [-0.4, -0.2) is 64.6 Å². The molecule has 1 fully saturated rings. The van der Waals surface area contributed by atoms with E-state index in [4.69, 9.17) is 9.84 Å². The Balaban J connectivity index is 2.37. The van der Waals surface area contributed by atoms with Crippen LogP contribution in [0.15, 0.2) is 0 Å². The number of nitrogens with zero attached hydrogens (tertiary/aromatic N) is 1. The highest BCUT2D eigenvalue weighted by Gasteiger charge is 2.31. The third kappa shape index (κ3) is 5.34. The molecule has 2 atom stereocenters. The van der Waals surface area contributed by atoms with Gasteiger partial charge in [-0.05, 0) is 33.6 Å². The molecule has 7 heteroatoms. The first kappa shape index (κ1) is 16.7. The van der Waals surface area contributed by atoms with Gasteiger partial charge in [0.15, 0.2) is 6.10 Å². The number of carboxylic acid groups (broad SMARTS) is 1. The summed E-state index contributed by atoms with van der Waals surface area (Å²) in [6, 6.07) is -0.281. The molecule has 2 amide bonds. The van der Waals surface area contributed by atoms with E-state index < -0.39 is 17.7 Å². The molecule has 0 radical (unpaired) electrons. The van der Waals surface area contributed by atoms with Crippen molar-refractivity contribution in [3.05, 3.63) is 0 Å². The van der Waals surface area contributed by atoms with Crippen LogP contribution in [-0.2, 0) is 9.53 Å². The molecule has 116 valence electrons. The van der Waals surface area contributed by atoms with E-state index in [1.54, 1.807) is 13.8 Å². The van der Waals surface area contributed by atoms with E-state index in [1.807, 2.05) is 6.92 Å². The summed E-state index contributed by atoms with van der Waals surface area (Å²) in [5.41, 5.74) is -0.953. The predicted octanol–water partition coefficient (Wildman–Crippen LogP) is 0.421. The average Bonchev–Trinajstić information content (AvgIpc) is 2.80. The standard InChI is InChI=1S/C13H24N2O5/c1-4-15(8-13(2,3)19)12(18)14-7-9-5-6-10(20-9)11(16)17/h9-10,19H,4-8H2,1-3H3,(H,14,18)(H,16,17). The number of carbonyl (C=O) groups excluding carboxylic acids is 1. The van der Waals surface area contributed by atoms with Crippen LogP contribution < -0.4 is 5.32 Å². The number of rotatable bonds is 6. The van der Waals surface area contributed by atoms with Crippen molar-refractivity contribution in [1.29, 1.82) is 0 Å². The summed E-state index contributed by atoms with van der Waals surface area (Å²) in [7, 11) is 0. The van der Waals surface area contributed by atoms with Gasteiger partial charge in [0.05, 0.1) is 18.2 Å². The number of hydrogen-bond acceptors (Lipinski definition) is 4. The Morgan fingerprint density at radius 2 is 2.05 bits per heavy atom. The van der Waals surface area contributed by atoms with Gasteiger partial charge in [-0.1, -0.05) is 0 Å². The highest BCUT2D eigenvalue weighted by Crippen LogP contribution is 2.19. The largest absolute Gasteiger partial charge is 0.479 e. The number of nitrogens with one attached hydrogen (secondary N) is 1. The van der Waals surface area contributed by atoms with Gasteiger partial charge in [0.25, 0.3) is 0 Å². The second-order valence-electron chi connectivity index (χ2n) is 5.67. The highest BCUT2D eigenvalue weighted by atomic mass is 16.5. The van der Waals surface area contributed by atoms with Crippen LogP contribution in [0.4, 0.5) is 4.79 Å². The predicted molar refractivity (Wildman–Crippen MR) is 72.5 cm³/mol. The molecule has 0 spiro atoms. The first-order valence-electron chi connectivity index (χ1n) is 6.86. The molecule has 1 heterocycles. The van der Waals surface area contributed by atoms with Crippen LogP contribution in [0.5, 0.6) is 0 Å². The SMILES string of the molecule is CCN(CC(C)(C)O)C(=O)NCC1CCC(C(=O)O)O1. The van der Waals surface area contributed by atoms with Gasteiger partial charge in [-0.25, -0.2) is 9.59 Å². The normalized spacial score (nSPS) is 22.6. The van der Waals surface area contributed by atoms with Gasteiger partial charge in [0.1, 0.15) is 0 Å². The van der Waals surface area contributed by atoms with E-state index in [9.17, 15) is 14.7 Å². The van der Waals surface area contributed by atoms with Gasteiger partial charge < -0.3 is 25.2 Å². The Hall–Kier alpha value is -1.34. The first-order valence-corrected chi connectivity index (χ1v) is 6.86. The molecule has 0 aromatic rings. The van der Waals surface area contributed by atoms with Crippen molar-refractivity contribution >= 4 is 12.0 Å². The summed E-state index contributed by atoms with van der Waals surface area (Å²) in [6.07, 6.45) is 0.0581. The second-order valence-corrected chi connectivity index (χ2v) is 5.67. The lowest BCUT2D eigenvalue weighted by Gasteiger charge is -2.28. The molecule has 1 saturated heterocycles. The van der Waals surface area contributed by atoms with Crippen molar-refractivity contribution in [2.45, 2.75) is 51.4 Å². The second kappa shape index (κ2) is 6.90. The summed E-state index contributed by atoms with van der Waals surface area (Å²) in [5.74, 6) is -0.962. The van der Waals surface area contributed by atoms with Crippen LogP contribution in [0.25, 0.3) is 0 Å². The fourth-order valence-corrected chi connectivity index (χ4v) is 2.14. The number of carboxylic acids is 1. The Morgan fingerprint density at radius 3 is 2.50 bits per heavy atom. The van der Waals surface area contributed by atoms with Crippen LogP contribution in [0.3, 0.4) is 0 Å². The Bertz CT molecular complexity index is 353. The number of urea groups is 1. The topological polar surface area (TPSA) is 99.1 Å². The number of ether oxygens (including phenoxy) is 1. The Labute approximate surface area is 118 Å². The minimum Gasteiger partial charge on any atom is -0.479 e. The van der Waals surface area contributed by atoms with Crippen LogP contribution in [0.1, 0.15) is 33.6 Å². The number of likely N-dealkylation sites (N-methyl/N-ethyl adjacent to an activating group) is 1. The molecule has 0 saturated carbocycles. The van der Waals surface area contributed by atoms with Crippen molar-refractivity contribution in [2.75, 3.05) is 19.6 Å². The van der Waals surface area contributed by atoms with E-state index in [0.717, 1.165) is 0 Å². The molecule has 20 heavy (non-hydrogen) atoms. The Kier molecular flexibility index (Phi) is 5.76. The molecule has 0 aliphatic carbocycles.